The summed E-state index contributed by atoms with van der Waals surface area (Å²) in [6.07, 6.45) is 0. The summed E-state index contributed by atoms with van der Waals surface area (Å²) in [5.74, 6) is 0. The van der Waals surface area contributed by atoms with E-state index < -0.39 is 30.3 Å². The molecular weight excluding hydrogens is 417 g/mol. The second-order valence-corrected chi connectivity index (χ2v) is 9.94. The van der Waals surface area contributed by atoms with E-state index in [1.807, 2.05) is 0 Å². The van der Waals surface area contributed by atoms with E-state index in [2.05, 4.69) is 0 Å². The molecule has 0 aromatic heterocycles. The summed E-state index contributed by atoms with van der Waals surface area (Å²) < 4.78 is 88.1. The first-order chi connectivity index (χ1) is 12.9. The highest BCUT2D eigenvalue weighted by atomic mass is 32.2. The van der Waals surface area contributed by atoms with E-state index in [0.29, 0.717) is 24.4 Å². The first-order valence-corrected chi connectivity index (χ1v) is 10.9. The predicted molar refractivity (Wildman–Crippen MR) is 99.2 cm³/mol. The van der Waals surface area contributed by atoms with Gasteiger partial charge >= 0.3 is 5.51 Å². The summed E-state index contributed by atoms with van der Waals surface area (Å²) in [6, 6.07) is 11.2. The number of halogens is 3. The molecule has 0 unspecified atom stereocenters. The van der Waals surface area contributed by atoms with Gasteiger partial charge in [0.15, 0.2) is 0 Å². The number of nitrogens with zero attached hydrogens (tertiary/aromatic N) is 2. The molecule has 6 nitrogen and oxygen atoms in total. The van der Waals surface area contributed by atoms with Crippen molar-refractivity contribution in [2.24, 2.45) is 0 Å². The molecular formula is C17H19F3N2O4S2. The van der Waals surface area contributed by atoms with Crippen molar-refractivity contribution in [3.05, 3.63) is 54.6 Å². The van der Waals surface area contributed by atoms with Gasteiger partial charge in [0.2, 0.25) is 0 Å². The standard InChI is InChI=1S/C17H19F3N2O4S2/c1-21(2)12-13-22(14-6-4-3-5-7-14)28(25,26)16-10-8-15(9-11-16)27(23,24)17(18,19)20/h3-11H,12-13H2,1-2H3. The smallest absolute Gasteiger partial charge is 0.308 e. The van der Waals surface area contributed by atoms with Crippen LogP contribution in [0, 0.1) is 0 Å². The fourth-order valence-electron chi connectivity index (χ4n) is 2.32. The number of rotatable bonds is 7. The van der Waals surface area contributed by atoms with Crippen molar-refractivity contribution in [2.45, 2.75) is 15.3 Å². The second kappa shape index (κ2) is 8.10. The molecule has 0 heterocycles. The summed E-state index contributed by atoms with van der Waals surface area (Å²) in [7, 11) is -6.12. The predicted octanol–water partition coefficient (Wildman–Crippen LogP) is 2.74. The summed E-state index contributed by atoms with van der Waals surface area (Å²) in [5, 5.41) is 0. The van der Waals surface area contributed by atoms with Gasteiger partial charge in [-0.1, -0.05) is 18.2 Å². The van der Waals surface area contributed by atoms with Crippen LogP contribution >= 0.6 is 0 Å². The molecule has 0 atom stereocenters. The number of hydrogen-bond acceptors (Lipinski definition) is 5. The van der Waals surface area contributed by atoms with Gasteiger partial charge in [0.1, 0.15) is 0 Å². The number of sulfone groups is 1. The SMILES string of the molecule is CN(C)CCN(c1ccccc1)S(=O)(=O)c1ccc(S(=O)(=O)C(F)(F)F)cc1. The van der Waals surface area contributed by atoms with Crippen molar-refractivity contribution in [1.82, 2.24) is 4.90 Å². The normalized spacial score (nSPS) is 12.9. The van der Waals surface area contributed by atoms with Gasteiger partial charge in [-0.15, -0.1) is 0 Å². The lowest BCUT2D eigenvalue weighted by Gasteiger charge is -2.26. The van der Waals surface area contributed by atoms with Crippen LogP contribution in [0.3, 0.4) is 0 Å². The van der Waals surface area contributed by atoms with E-state index in [4.69, 9.17) is 0 Å². The largest absolute Gasteiger partial charge is 0.501 e. The molecule has 0 bridgehead atoms. The van der Waals surface area contributed by atoms with Crippen molar-refractivity contribution < 1.29 is 30.0 Å². The number of anilines is 1. The Balaban J connectivity index is 2.45. The molecule has 154 valence electrons. The highest BCUT2D eigenvalue weighted by molar-refractivity contribution is 7.93. The van der Waals surface area contributed by atoms with Gasteiger partial charge < -0.3 is 4.90 Å². The summed E-state index contributed by atoms with van der Waals surface area (Å²) in [4.78, 5) is 0.458. The molecule has 0 aliphatic rings. The first-order valence-electron chi connectivity index (χ1n) is 8.01. The quantitative estimate of drug-likeness (QED) is 0.667. The van der Waals surface area contributed by atoms with Crippen LogP contribution in [0.25, 0.3) is 0 Å². The monoisotopic (exact) mass is 436 g/mol. The van der Waals surface area contributed by atoms with Crippen LogP contribution in [0.1, 0.15) is 0 Å². The molecule has 0 aliphatic heterocycles. The van der Waals surface area contributed by atoms with E-state index >= 15 is 0 Å². The first kappa shape index (κ1) is 22.2. The molecule has 0 N–H and O–H groups in total. The summed E-state index contributed by atoms with van der Waals surface area (Å²) in [6.45, 7) is 0.497. The third-order valence-corrected chi connectivity index (χ3v) is 7.16. The van der Waals surface area contributed by atoms with E-state index in [0.717, 1.165) is 16.4 Å². The molecule has 11 heteroatoms. The molecule has 28 heavy (non-hydrogen) atoms. The van der Waals surface area contributed by atoms with Gasteiger partial charge in [0.25, 0.3) is 19.9 Å². The zero-order valence-corrected chi connectivity index (χ0v) is 16.7. The Morgan fingerprint density at radius 1 is 0.786 bits per heavy atom. The molecule has 2 aromatic carbocycles. The Hall–Kier alpha value is -2.11. The van der Waals surface area contributed by atoms with Crippen LogP contribution in [0.4, 0.5) is 18.9 Å². The van der Waals surface area contributed by atoms with Gasteiger partial charge in [-0.2, -0.15) is 13.2 Å². The Bertz CT molecular complexity index is 1000. The molecule has 0 aliphatic carbocycles. The van der Waals surface area contributed by atoms with Crippen LogP contribution in [0.15, 0.2) is 64.4 Å². The number of hydrogen-bond donors (Lipinski definition) is 0. The van der Waals surface area contributed by atoms with Crippen LogP contribution in [-0.2, 0) is 19.9 Å². The maximum Gasteiger partial charge on any atom is 0.501 e. The van der Waals surface area contributed by atoms with Gasteiger partial charge in [0.05, 0.1) is 15.5 Å². The Kier molecular flexibility index (Phi) is 6.41. The van der Waals surface area contributed by atoms with Gasteiger partial charge in [-0.05, 0) is 50.5 Å². The van der Waals surface area contributed by atoms with E-state index in [1.165, 1.54) is 0 Å². The fraction of sp³-hybridized carbons (Fsp3) is 0.294. The number of alkyl halides is 3. The molecule has 0 saturated heterocycles. The van der Waals surface area contributed by atoms with Crippen molar-refractivity contribution >= 4 is 25.5 Å². The Labute approximate surface area is 162 Å². The lowest BCUT2D eigenvalue weighted by Crippen LogP contribution is -2.36. The Morgan fingerprint density at radius 2 is 1.29 bits per heavy atom. The third-order valence-electron chi connectivity index (χ3n) is 3.82. The average molecular weight is 436 g/mol. The minimum atomic E-state index is -5.55. The molecule has 0 amide bonds. The lowest BCUT2D eigenvalue weighted by molar-refractivity contribution is -0.0436. The third kappa shape index (κ3) is 4.65. The van der Waals surface area contributed by atoms with Crippen molar-refractivity contribution in [3.63, 3.8) is 0 Å². The molecule has 0 spiro atoms. The summed E-state index contributed by atoms with van der Waals surface area (Å²) >= 11 is 0. The minimum Gasteiger partial charge on any atom is -0.308 e. The summed E-state index contributed by atoms with van der Waals surface area (Å²) in [5.41, 5.74) is -5.08. The molecule has 0 fully saturated rings. The number of sulfonamides is 1. The molecule has 2 aromatic rings. The van der Waals surface area contributed by atoms with Gasteiger partial charge in [-0.25, -0.2) is 16.8 Å². The number of likely N-dealkylation sites (N-methyl/N-ethyl adjacent to an activating group) is 1. The molecule has 0 saturated carbocycles. The van der Waals surface area contributed by atoms with E-state index in [1.54, 1.807) is 49.3 Å². The molecule has 2 rings (SSSR count). The van der Waals surface area contributed by atoms with Gasteiger partial charge in [0, 0.05) is 13.1 Å². The maximum absolute atomic E-state index is 13.0. The maximum atomic E-state index is 13.0. The van der Waals surface area contributed by atoms with Crippen LogP contribution in [0.2, 0.25) is 0 Å². The van der Waals surface area contributed by atoms with Crippen molar-refractivity contribution in [2.75, 3.05) is 31.5 Å². The number of benzene rings is 2. The highest BCUT2D eigenvalue weighted by Crippen LogP contribution is 2.31. The van der Waals surface area contributed by atoms with E-state index in [-0.39, 0.29) is 11.4 Å². The Morgan fingerprint density at radius 3 is 1.75 bits per heavy atom. The molecule has 0 radical (unpaired) electrons. The number of para-hydroxylation sites is 1. The highest BCUT2D eigenvalue weighted by Gasteiger charge is 2.46. The fourth-order valence-corrected chi connectivity index (χ4v) is 4.54. The minimum absolute atomic E-state index is 0.0992. The van der Waals surface area contributed by atoms with Crippen molar-refractivity contribution in [3.8, 4) is 0 Å². The zero-order chi connectivity index (χ0) is 21.2. The van der Waals surface area contributed by atoms with Crippen molar-refractivity contribution in [1.29, 1.82) is 0 Å². The van der Waals surface area contributed by atoms with Gasteiger partial charge in [-0.3, -0.25) is 4.31 Å². The topological polar surface area (TPSA) is 74.8 Å². The van der Waals surface area contributed by atoms with Crippen LogP contribution in [0.5, 0.6) is 0 Å². The second-order valence-electron chi connectivity index (χ2n) is 6.14. The lowest BCUT2D eigenvalue weighted by atomic mass is 10.3. The van der Waals surface area contributed by atoms with Crippen LogP contribution in [-0.4, -0.2) is 54.4 Å². The van der Waals surface area contributed by atoms with E-state index in [9.17, 15) is 30.0 Å². The zero-order valence-electron chi connectivity index (χ0n) is 15.1. The van der Waals surface area contributed by atoms with Crippen LogP contribution < -0.4 is 4.31 Å². The average Bonchev–Trinajstić information content (AvgIpc) is 2.61.